The number of rotatable bonds is 4. The van der Waals surface area contributed by atoms with Crippen LogP contribution < -0.4 is 10.6 Å². The highest BCUT2D eigenvalue weighted by Crippen LogP contribution is 2.26. The predicted octanol–water partition coefficient (Wildman–Crippen LogP) is 2.30. The van der Waals surface area contributed by atoms with E-state index in [0.29, 0.717) is 12.5 Å². The molecule has 0 amide bonds. The lowest BCUT2D eigenvalue weighted by Crippen LogP contribution is -2.26. The number of hydrogen-bond acceptors (Lipinski definition) is 4. The number of benzene rings is 1. The molecule has 0 aliphatic rings. The second kappa shape index (κ2) is 5.93. The Labute approximate surface area is 115 Å². The predicted molar refractivity (Wildman–Crippen MR) is 77.5 cm³/mol. The number of aromatic nitrogens is 2. The molecule has 0 saturated heterocycles. The Morgan fingerprint density at radius 3 is 2.78 bits per heavy atom. The van der Waals surface area contributed by atoms with Crippen LogP contribution in [0.25, 0.3) is 11.3 Å². The van der Waals surface area contributed by atoms with Gasteiger partial charge in [0.05, 0.1) is 5.69 Å². The zero-order valence-electron chi connectivity index (χ0n) is 10.2. The van der Waals surface area contributed by atoms with E-state index >= 15 is 0 Å². The molecule has 0 saturated carbocycles. The summed E-state index contributed by atoms with van der Waals surface area (Å²) in [5.74, 6) is 0.689. The van der Waals surface area contributed by atoms with E-state index in [1.807, 2.05) is 42.3 Å². The van der Waals surface area contributed by atoms with E-state index in [0.717, 1.165) is 22.3 Å². The smallest absolute Gasteiger partial charge is 0.225 e. The molecule has 0 spiro atoms. The number of anilines is 1. The summed E-state index contributed by atoms with van der Waals surface area (Å²) in [6.45, 7) is 1.32. The third-order valence-electron chi connectivity index (χ3n) is 2.60. The number of hydrogen-bond donors (Lipinski definition) is 1. The standard InChI is InChI=1S/C13H15BrN4/c1-18(9-7-15)13-16-8-6-12(17-13)10-4-2-3-5-11(10)14/h2-6,8H,7,9,15H2,1H3. The lowest BCUT2D eigenvalue weighted by atomic mass is 10.1. The van der Waals surface area contributed by atoms with E-state index in [1.165, 1.54) is 0 Å². The van der Waals surface area contributed by atoms with E-state index in [9.17, 15) is 0 Å². The molecular formula is C13H15BrN4. The molecule has 2 N–H and O–H groups in total. The third-order valence-corrected chi connectivity index (χ3v) is 3.29. The van der Waals surface area contributed by atoms with Crippen LogP contribution in [0.5, 0.6) is 0 Å². The molecule has 0 aliphatic carbocycles. The van der Waals surface area contributed by atoms with Gasteiger partial charge < -0.3 is 10.6 Å². The highest BCUT2D eigenvalue weighted by Gasteiger charge is 2.07. The Balaban J connectivity index is 2.36. The normalized spacial score (nSPS) is 10.4. The van der Waals surface area contributed by atoms with Gasteiger partial charge in [-0.3, -0.25) is 0 Å². The van der Waals surface area contributed by atoms with Crippen LogP contribution in [0.1, 0.15) is 0 Å². The van der Waals surface area contributed by atoms with Crippen LogP contribution in [0.4, 0.5) is 5.95 Å². The molecule has 0 atom stereocenters. The molecule has 4 nitrogen and oxygen atoms in total. The molecule has 1 aromatic carbocycles. The van der Waals surface area contributed by atoms with Gasteiger partial charge in [-0.25, -0.2) is 9.97 Å². The summed E-state index contributed by atoms with van der Waals surface area (Å²) >= 11 is 3.53. The Bertz CT molecular complexity index is 530. The summed E-state index contributed by atoms with van der Waals surface area (Å²) in [4.78, 5) is 10.8. The lowest BCUT2D eigenvalue weighted by molar-refractivity contribution is 0.847. The number of nitrogens with zero attached hydrogens (tertiary/aromatic N) is 3. The fourth-order valence-electron chi connectivity index (χ4n) is 1.64. The first-order chi connectivity index (χ1) is 8.72. The maximum Gasteiger partial charge on any atom is 0.225 e. The number of likely N-dealkylation sites (N-methyl/N-ethyl adjacent to an activating group) is 1. The zero-order valence-corrected chi connectivity index (χ0v) is 11.8. The van der Waals surface area contributed by atoms with Crippen molar-refractivity contribution in [3.05, 3.63) is 41.0 Å². The quantitative estimate of drug-likeness (QED) is 0.942. The largest absolute Gasteiger partial charge is 0.343 e. The Morgan fingerprint density at radius 2 is 2.06 bits per heavy atom. The molecule has 0 aliphatic heterocycles. The van der Waals surface area contributed by atoms with E-state index in [4.69, 9.17) is 5.73 Å². The molecule has 18 heavy (non-hydrogen) atoms. The summed E-state index contributed by atoms with van der Waals surface area (Å²) in [7, 11) is 1.94. The second-order valence-corrected chi connectivity index (χ2v) is 4.79. The first kappa shape index (κ1) is 13.0. The van der Waals surface area contributed by atoms with Crippen LogP contribution in [-0.4, -0.2) is 30.1 Å². The summed E-state index contributed by atoms with van der Waals surface area (Å²) in [5.41, 5.74) is 7.49. The first-order valence-electron chi connectivity index (χ1n) is 5.71. The van der Waals surface area contributed by atoms with Gasteiger partial charge in [0.25, 0.3) is 0 Å². The van der Waals surface area contributed by atoms with Gasteiger partial charge in [-0.15, -0.1) is 0 Å². The maximum atomic E-state index is 5.54. The molecule has 5 heteroatoms. The summed E-state index contributed by atoms with van der Waals surface area (Å²) < 4.78 is 1.02. The summed E-state index contributed by atoms with van der Waals surface area (Å²) in [6.07, 6.45) is 1.77. The van der Waals surface area contributed by atoms with Crippen molar-refractivity contribution in [2.45, 2.75) is 0 Å². The molecule has 2 rings (SSSR count). The minimum atomic E-state index is 0.582. The van der Waals surface area contributed by atoms with Crippen LogP contribution in [0.2, 0.25) is 0 Å². The Hall–Kier alpha value is -1.46. The highest BCUT2D eigenvalue weighted by atomic mass is 79.9. The molecule has 0 bridgehead atoms. The van der Waals surface area contributed by atoms with Crippen molar-refractivity contribution in [3.8, 4) is 11.3 Å². The highest BCUT2D eigenvalue weighted by molar-refractivity contribution is 9.10. The lowest BCUT2D eigenvalue weighted by Gasteiger charge is -2.16. The van der Waals surface area contributed by atoms with Crippen molar-refractivity contribution < 1.29 is 0 Å². The summed E-state index contributed by atoms with van der Waals surface area (Å²) in [5, 5.41) is 0. The van der Waals surface area contributed by atoms with Gasteiger partial charge in [0.15, 0.2) is 0 Å². The minimum absolute atomic E-state index is 0.582. The SMILES string of the molecule is CN(CCN)c1nccc(-c2ccccc2Br)n1. The average molecular weight is 307 g/mol. The van der Waals surface area contributed by atoms with Crippen molar-refractivity contribution in [2.24, 2.45) is 5.73 Å². The van der Waals surface area contributed by atoms with Gasteiger partial charge in [-0.2, -0.15) is 0 Å². The number of halogens is 1. The van der Waals surface area contributed by atoms with Crippen LogP contribution in [0, 0.1) is 0 Å². The Morgan fingerprint density at radius 1 is 1.28 bits per heavy atom. The fourth-order valence-corrected chi connectivity index (χ4v) is 2.13. The van der Waals surface area contributed by atoms with Crippen molar-refractivity contribution in [3.63, 3.8) is 0 Å². The van der Waals surface area contributed by atoms with Crippen LogP contribution >= 0.6 is 15.9 Å². The van der Waals surface area contributed by atoms with Gasteiger partial charge in [0.1, 0.15) is 0 Å². The molecule has 1 heterocycles. The Kier molecular flexibility index (Phi) is 4.28. The molecule has 0 fully saturated rings. The van der Waals surface area contributed by atoms with Crippen LogP contribution in [-0.2, 0) is 0 Å². The number of nitrogens with two attached hydrogens (primary N) is 1. The molecule has 0 unspecified atom stereocenters. The average Bonchev–Trinajstić information content (AvgIpc) is 2.40. The second-order valence-electron chi connectivity index (χ2n) is 3.93. The molecule has 2 aromatic rings. The fraction of sp³-hybridized carbons (Fsp3) is 0.231. The van der Waals surface area contributed by atoms with Gasteiger partial charge in [0, 0.05) is 36.4 Å². The van der Waals surface area contributed by atoms with Crippen molar-refractivity contribution in [1.29, 1.82) is 0 Å². The van der Waals surface area contributed by atoms with Gasteiger partial charge in [-0.05, 0) is 12.1 Å². The molecule has 1 aromatic heterocycles. The van der Waals surface area contributed by atoms with Crippen LogP contribution in [0.3, 0.4) is 0 Å². The van der Waals surface area contributed by atoms with Crippen molar-refractivity contribution >= 4 is 21.9 Å². The summed E-state index contributed by atoms with van der Waals surface area (Å²) in [6, 6.07) is 9.90. The minimum Gasteiger partial charge on any atom is -0.343 e. The van der Waals surface area contributed by atoms with Crippen LogP contribution in [0.15, 0.2) is 41.0 Å². The maximum absolute atomic E-state index is 5.54. The zero-order chi connectivity index (χ0) is 13.0. The molecule has 0 radical (unpaired) electrons. The van der Waals surface area contributed by atoms with Gasteiger partial charge in [0.2, 0.25) is 5.95 Å². The van der Waals surface area contributed by atoms with E-state index in [2.05, 4.69) is 25.9 Å². The van der Waals surface area contributed by atoms with E-state index < -0.39 is 0 Å². The first-order valence-corrected chi connectivity index (χ1v) is 6.51. The molecule has 94 valence electrons. The monoisotopic (exact) mass is 306 g/mol. The molecular weight excluding hydrogens is 292 g/mol. The van der Waals surface area contributed by atoms with Gasteiger partial charge >= 0.3 is 0 Å². The van der Waals surface area contributed by atoms with Crippen molar-refractivity contribution in [2.75, 3.05) is 25.0 Å². The topological polar surface area (TPSA) is 55.0 Å². The van der Waals surface area contributed by atoms with E-state index in [1.54, 1.807) is 6.20 Å². The van der Waals surface area contributed by atoms with E-state index in [-0.39, 0.29) is 0 Å². The van der Waals surface area contributed by atoms with Gasteiger partial charge in [-0.1, -0.05) is 34.1 Å². The third kappa shape index (κ3) is 2.86. The van der Waals surface area contributed by atoms with Crippen molar-refractivity contribution in [1.82, 2.24) is 9.97 Å².